The Morgan fingerprint density at radius 3 is 1.94 bits per heavy atom. The van der Waals surface area contributed by atoms with Crippen LogP contribution in [0.5, 0.6) is 5.75 Å². The van der Waals surface area contributed by atoms with Crippen LogP contribution in [0.25, 0.3) is 0 Å². The average Bonchev–Trinajstić information content (AvgIpc) is 3.09. The third kappa shape index (κ3) is 5.50. The van der Waals surface area contributed by atoms with Crippen molar-refractivity contribution in [3.63, 3.8) is 0 Å². The highest BCUT2D eigenvalue weighted by Gasteiger charge is 2.63. The summed E-state index contributed by atoms with van der Waals surface area (Å²) >= 11 is 0. The molecule has 0 radical (unpaired) electrons. The highest BCUT2D eigenvalue weighted by Crippen LogP contribution is 2.57. The summed E-state index contributed by atoms with van der Waals surface area (Å²) in [5.74, 6) is 1.05. The third-order valence-electron chi connectivity index (χ3n) is 9.35. The number of nitrogens with zero attached hydrogens (tertiary/aromatic N) is 4. The van der Waals surface area contributed by atoms with Crippen LogP contribution in [0.2, 0.25) is 0 Å². The molecule has 1 aliphatic heterocycles. The predicted molar refractivity (Wildman–Crippen MR) is 191 cm³/mol. The predicted octanol–water partition coefficient (Wildman–Crippen LogP) is 7.36. The fourth-order valence-electron chi connectivity index (χ4n) is 7.28. The van der Waals surface area contributed by atoms with Crippen molar-refractivity contribution in [1.82, 2.24) is 9.97 Å². The lowest BCUT2D eigenvalue weighted by Crippen LogP contribution is -2.71. The molecule has 1 aliphatic rings. The van der Waals surface area contributed by atoms with E-state index in [0.717, 1.165) is 16.7 Å². The molecule has 0 spiro atoms. The Hall–Kier alpha value is -5.06. The maximum Gasteiger partial charge on any atom is 0.332 e. The molecule has 2 heterocycles. The zero-order valence-corrected chi connectivity index (χ0v) is 30.1. The van der Waals surface area contributed by atoms with Crippen molar-refractivity contribution < 1.29 is 18.3 Å². The number of carbonyl (C=O) groups is 1. The summed E-state index contributed by atoms with van der Waals surface area (Å²) in [4.78, 5) is 28.3. The number of methoxy groups -OCH3 is 1. The normalized spacial score (nSPS) is 14.8. The highest BCUT2D eigenvalue weighted by molar-refractivity contribution is 6.07. The van der Waals surface area contributed by atoms with Gasteiger partial charge >= 0.3 is 6.03 Å². The molecule has 1 atom stereocenters. The quantitative estimate of drug-likeness (QED) is 0.166. The summed E-state index contributed by atoms with van der Waals surface area (Å²) < 4.78 is 26.0. The first-order valence-electron chi connectivity index (χ1n) is 15.8. The van der Waals surface area contributed by atoms with Crippen molar-refractivity contribution in [2.24, 2.45) is 5.41 Å². The van der Waals surface area contributed by atoms with Crippen molar-refractivity contribution >= 4 is 39.7 Å². The van der Waals surface area contributed by atoms with Gasteiger partial charge in [0.1, 0.15) is 27.9 Å². The van der Waals surface area contributed by atoms with Crippen LogP contribution in [0.1, 0.15) is 44.4 Å². The topological polar surface area (TPSA) is 79.8 Å². The van der Waals surface area contributed by atoms with E-state index in [4.69, 9.17) is 14.1 Å². The van der Waals surface area contributed by atoms with E-state index in [9.17, 15) is 4.39 Å². The van der Waals surface area contributed by atoms with Crippen LogP contribution in [0, 0.1) is 11.2 Å². The number of amides is 2. The van der Waals surface area contributed by atoms with E-state index in [1.165, 1.54) is 12.1 Å². The zero-order valence-electron chi connectivity index (χ0n) is 28.1. The summed E-state index contributed by atoms with van der Waals surface area (Å²) in [5, 5.41) is 3.19. The molecule has 10 heteroatoms. The molecule has 8 nitrogen and oxygen atoms in total. The molecule has 246 valence electrons. The molecular weight excluding hydrogens is 622 g/mol. The Bertz CT molecular complexity index is 1850. The lowest BCUT2D eigenvalue weighted by atomic mass is 9.53. The number of ether oxygens (including phenoxy) is 1. The van der Waals surface area contributed by atoms with E-state index >= 15 is 4.79 Å². The number of anilines is 4. The summed E-state index contributed by atoms with van der Waals surface area (Å²) in [6, 6.07) is 33.6. The van der Waals surface area contributed by atoms with Crippen molar-refractivity contribution in [2.75, 3.05) is 22.2 Å². The standard InChI is InChI=1S/C38H40FN5O3Si/c1-36(2,3)38(27-12-8-6-9-13-27,28-14-10-7-11-15-28)37(4,47-48)44-33-26(24-40-34(42-33)41-30-18-16-29(39)17-19-30)25-43(35(44)45)31-20-22-32(46-5)23-21-31/h6-24H,25H2,1-5,48H3,(H,40,41,42)/t37-/m0/s1. The fourth-order valence-corrected chi connectivity index (χ4v) is 7.76. The Morgan fingerprint density at radius 2 is 1.42 bits per heavy atom. The molecule has 2 amide bonds. The molecule has 1 aromatic heterocycles. The minimum absolute atomic E-state index is 0.240. The maximum atomic E-state index is 15.2. The Balaban J connectivity index is 1.62. The number of fused-ring (bicyclic) bond motifs is 1. The van der Waals surface area contributed by atoms with Gasteiger partial charge in [-0.3, -0.25) is 4.90 Å². The van der Waals surface area contributed by atoms with Crippen molar-refractivity contribution in [3.05, 3.63) is 138 Å². The van der Waals surface area contributed by atoms with Gasteiger partial charge in [-0.05, 0) is 72.0 Å². The molecule has 0 bridgehead atoms. The van der Waals surface area contributed by atoms with E-state index in [1.54, 1.807) is 35.2 Å². The number of halogens is 1. The first kappa shape index (κ1) is 32.9. The number of rotatable bonds is 9. The number of hydrogen-bond donors (Lipinski definition) is 1. The molecular formula is C38H40FN5O3Si. The molecule has 0 fully saturated rings. The van der Waals surface area contributed by atoms with Crippen LogP contribution in [0.15, 0.2) is 115 Å². The summed E-state index contributed by atoms with van der Waals surface area (Å²) in [6.07, 6.45) is 1.74. The second-order valence-corrected chi connectivity index (χ2v) is 13.4. The van der Waals surface area contributed by atoms with E-state index in [2.05, 4.69) is 55.3 Å². The maximum absolute atomic E-state index is 15.2. The Labute approximate surface area is 284 Å². The molecule has 6 rings (SSSR count). The zero-order chi connectivity index (χ0) is 34.1. The van der Waals surface area contributed by atoms with Gasteiger partial charge in [0.15, 0.2) is 5.72 Å². The SMILES string of the molecule is COc1ccc(N2Cc3cnc(Nc4ccc(F)cc4)nc3N([C@@](C)(O[SiH3])C(c3ccccc3)(c3ccccc3)C(C)(C)C)C2=O)cc1. The number of urea groups is 1. The van der Waals surface area contributed by atoms with Gasteiger partial charge < -0.3 is 14.5 Å². The van der Waals surface area contributed by atoms with Gasteiger partial charge in [-0.25, -0.2) is 19.1 Å². The van der Waals surface area contributed by atoms with Gasteiger partial charge in [-0.2, -0.15) is 4.98 Å². The summed E-state index contributed by atoms with van der Waals surface area (Å²) in [5.41, 5.74) is 1.33. The summed E-state index contributed by atoms with van der Waals surface area (Å²) in [7, 11) is 1.91. The van der Waals surface area contributed by atoms with E-state index in [0.29, 0.717) is 33.4 Å². The number of benzene rings is 4. The van der Waals surface area contributed by atoms with Crippen LogP contribution < -0.4 is 19.9 Å². The first-order valence-corrected chi connectivity index (χ1v) is 16.7. The lowest BCUT2D eigenvalue weighted by Gasteiger charge is -2.60. The average molecular weight is 662 g/mol. The van der Waals surface area contributed by atoms with E-state index < -0.39 is 16.6 Å². The molecule has 0 saturated carbocycles. The number of nitrogens with one attached hydrogen (secondary N) is 1. The largest absolute Gasteiger partial charge is 0.497 e. The Kier molecular flexibility index (Phi) is 8.80. The molecule has 0 saturated heterocycles. The second-order valence-electron chi connectivity index (χ2n) is 13.0. The Morgan fingerprint density at radius 1 is 0.833 bits per heavy atom. The number of hydrogen-bond acceptors (Lipinski definition) is 6. The fraction of sp³-hybridized carbons (Fsp3) is 0.237. The van der Waals surface area contributed by atoms with Crippen LogP contribution in [-0.2, 0) is 16.4 Å². The molecule has 1 N–H and O–H groups in total. The van der Waals surface area contributed by atoms with Crippen LogP contribution in [0.3, 0.4) is 0 Å². The third-order valence-corrected chi connectivity index (χ3v) is 10.1. The van der Waals surface area contributed by atoms with Gasteiger partial charge in [0.05, 0.1) is 19.1 Å². The first-order chi connectivity index (χ1) is 23.0. The molecule has 48 heavy (non-hydrogen) atoms. The monoisotopic (exact) mass is 661 g/mol. The van der Waals surface area contributed by atoms with E-state index in [1.807, 2.05) is 67.6 Å². The van der Waals surface area contributed by atoms with Gasteiger partial charge in [-0.15, -0.1) is 0 Å². The summed E-state index contributed by atoms with van der Waals surface area (Å²) in [6.45, 7) is 8.79. The molecule has 0 unspecified atom stereocenters. The van der Waals surface area contributed by atoms with Gasteiger partial charge in [0.25, 0.3) is 0 Å². The minimum atomic E-state index is -1.31. The highest BCUT2D eigenvalue weighted by atomic mass is 28.2. The van der Waals surface area contributed by atoms with Crippen LogP contribution in [-0.4, -0.2) is 39.3 Å². The van der Waals surface area contributed by atoms with Crippen molar-refractivity contribution in [2.45, 2.75) is 45.4 Å². The molecule has 5 aromatic rings. The van der Waals surface area contributed by atoms with Gasteiger partial charge in [0.2, 0.25) is 5.95 Å². The minimum Gasteiger partial charge on any atom is -0.497 e. The van der Waals surface area contributed by atoms with Crippen molar-refractivity contribution in [3.8, 4) is 5.75 Å². The second kappa shape index (κ2) is 12.9. The lowest BCUT2D eigenvalue weighted by molar-refractivity contribution is -0.0243. The van der Waals surface area contributed by atoms with Crippen molar-refractivity contribution in [1.29, 1.82) is 0 Å². The van der Waals surface area contributed by atoms with E-state index in [-0.39, 0.29) is 24.3 Å². The van der Waals surface area contributed by atoms with Crippen LogP contribution in [0.4, 0.5) is 32.3 Å². The van der Waals surface area contributed by atoms with Gasteiger partial charge in [0, 0.05) is 23.1 Å². The molecule has 4 aromatic carbocycles. The smallest absolute Gasteiger partial charge is 0.332 e. The van der Waals surface area contributed by atoms with Gasteiger partial charge in [-0.1, -0.05) is 81.4 Å². The number of aromatic nitrogens is 2. The number of carbonyl (C=O) groups excluding carboxylic acids is 1. The van der Waals surface area contributed by atoms with Crippen LogP contribution >= 0.6 is 0 Å². The molecule has 0 aliphatic carbocycles.